The normalized spacial score (nSPS) is 12.9. The molecule has 3 nitrogen and oxygen atoms in total. The van der Waals surface area contributed by atoms with Crippen LogP contribution >= 0.6 is 0 Å². The van der Waals surface area contributed by atoms with E-state index >= 15 is 0 Å². The molecule has 1 unspecified atom stereocenters. The minimum absolute atomic E-state index is 0.0457. The molecule has 0 fully saturated rings. The lowest BCUT2D eigenvalue weighted by Crippen LogP contribution is -2.12. The van der Waals surface area contributed by atoms with Crippen LogP contribution in [0.3, 0.4) is 0 Å². The van der Waals surface area contributed by atoms with Gasteiger partial charge in [-0.25, -0.2) is 8.42 Å². The van der Waals surface area contributed by atoms with Gasteiger partial charge in [0.05, 0.1) is 16.3 Å². The molecule has 0 aliphatic heterocycles. The highest BCUT2D eigenvalue weighted by molar-refractivity contribution is 7.91. The SMILES string of the molecule is CCS(=O)(=O)c1ccccc1NC(C)c1ccccc1. The second-order valence-corrected chi connectivity index (χ2v) is 6.92. The van der Waals surface area contributed by atoms with Gasteiger partial charge in [0, 0.05) is 6.04 Å². The summed E-state index contributed by atoms with van der Waals surface area (Å²) in [7, 11) is -3.22. The third-order valence-corrected chi connectivity index (χ3v) is 5.06. The molecule has 2 aromatic carbocycles. The Balaban J connectivity index is 2.31. The van der Waals surface area contributed by atoms with Gasteiger partial charge in [0.15, 0.2) is 9.84 Å². The molecule has 106 valence electrons. The third-order valence-electron chi connectivity index (χ3n) is 3.27. The Morgan fingerprint density at radius 2 is 1.60 bits per heavy atom. The predicted molar refractivity (Wildman–Crippen MR) is 82.6 cm³/mol. The summed E-state index contributed by atoms with van der Waals surface area (Å²) >= 11 is 0. The molecule has 2 rings (SSSR count). The van der Waals surface area contributed by atoms with Crippen molar-refractivity contribution in [2.75, 3.05) is 11.1 Å². The van der Waals surface area contributed by atoms with Crippen LogP contribution < -0.4 is 5.32 Å². The van der Waals surface area contributed by atoms with Crippen LogP contribution in [0.15, 0.2) is 59.5 Å². The van der Waals surface area contributed by atoms with Crippen molar-refractivity contribution in [3.63, 3.8) is 0 Å². The Bertz CT molecular complexity index is 666. The molecular formula is C16H19NO2S. The summed E-state index contributed by atoms with van der Waals surface area (Å²) < 4.78 is 24.2. The van der Waals surface area contributed by atoms with E-state index in [4.69, 9.17) is 0 Å². The van der Waals surface area contributed by atoms with Crippen molar-refractivity contribution in [1.29, 1.82) is 0 Å². The molecule has 0 aromatic heterocycles. The van der Waals surface area contributed by atoms with Crippen molar-refractivity contribution in [3.05, 3.63) is 60.2 Å². The maximum absolute atomic E-state index is 12.1. The van der Waals surface area contributed by atoms with E-state index in [-0.39, 0.29) is 11.8 Å². The zero-order chi connectivity index (χ0) is 14.6. The number of nitrogens with one attached hydrogen (secondary N) is 1. The van der Waals surface area contributed by atoms with Crippen molar-refractivity contribution >= 4 is 15.5 Å². The van der Waals surface area contributed by atoms with E-state index in [1.165, 1.54) is 0 Å². The number of rotatable bonds is 5. The van der Waals surface area contributed by atoms with E-state index in [1.54, 1.807) is 19.1 Å². The molecule has 20 heavy (non-hydrogen) atoms. The minimum Gasteiger partial charge on any atom is -0.377 e. The molecule has 2 aromatic rings. The van der Waals surface area contributed by atoms with E-state index < -0.39 is 9.84 Å². The van der Waals surface area contributed by atoms with Crippen LogP contribution in [0.2, 0.25) is 0 Å². The Morgan fingerprint density at radius 1 is 1.00 bits per heavy atom. The molecule has 0 bridgehead atoms. The van der Waals surface area contributed by atoms with Gasteiger partial charge in [0.25, 0.3) is 0 Å². The fourth-order valence-electron chi connectivity index (χ4n) is 2.07. The van der Waals surface area contributed by atoms with Gasteiger partial charge in [-0.05, 0) is 24.6 Å². The quantitative estimate of drug-likeness (QED) is 0.914. The molecule has 0 aliphatic carbocycles. The number of hydrogen-bond acceptors (Lipinski definition) is 3. The summed E-state index contributed by atoms with van der Waals surface area (Å²) in [6.07, 6.45) is 0. The van der Waals surface area contributed by atoms with Gasteiger partial charge in [0.2, 0.25) is 0 Å². The number of sulfone groups is 1. The maximum Gasteiger partial charge on any atom is 0.180 e. The smallest absolute Gasteiger partial charge is 0.180 e. The average molecular weight is 289 g/mol. The largest absolute Gasteiger partial charge is 0.377 e. The number of anilines is 1. The lowest BCUT2D eigenvalue weighted by atomic mass is 10.1. The Labute approximate surface area is 120 Å². The van der Waals surface area contributed by atoms with Crippen LogP contribution in [-0.2, 0) is 9.84 Å². The van der Waals surface area contributed by atoms with Crippen LogP contribution in [0, 0.1) is 0 Å². The standard InChI is InChI=1S/C16H19NO2S/c1-3-20(18,19)16-12-8-7-11-15(16)17-13(2)14-9-5-4-6-10-14/h4-13,17H,3H2,1-2H3. The van der Waals surface area contributed by atoms with Gasteiger partial charge in [-0.2, -0.15) is 0 Å². The Kier molecular flexibility index (Phi) is 4.45. The van der Waals surface area contributed by atoms with Crippen LogP contribution in [-0.4, -0.2) is 14.2 Å². The van der Waals surface area contributed by atoms with E-state index in [0.29, 0.717) is 10.6 Å². The molecule has 0 radical (unpaired) electrons. The molecule has 0 aliphatic rings. The number of para-hydroxylation sites is 1. The second kappa shape index (κ2) is 6.09. The Morgan fingerprint density at radius 3 is 2.25 bits per heavy atom. The monoisotopic (exact) mass is 289 g/mol. The number of benzene rings is 2. The first-order valence-corrected chi connectivity index (χ1v) is 8.33. The van der Waals surface area contributed by atoms with Crippen LogP contribution in [0.5, 0.6) is 0 Å². The molecule has 0 heterocycles. The zero-order valence-electron chi connectivity index (χ0n) is 11.7. The highest BCUT2D eigenvalue weighted by Gasteiger charge is 2.17. The molecule has 0 amide bonds. The van der Waals surface area contributed by atoms with Crippen molar-refractivity contribution in [3.8, 4) is 0 Å². The molecule has 1 atom stereocenters. The topological polar surface area (TPSA) is 46.2 Å². The van der Waals surface area contributed by atoms with Gasteiger partial charge in [-0.3, -0.25) is 0 Å². The summed E-state index contributed by atoms with van der Waals surface area (Å²) in [5, 5.41) is 3.29. The summed E-state index contributed by atoms with van der Waals surface area (Å²) in [5.41, 5.74) is 1.78. The third kappa shape index (κ3) is 3.20. The van der Waals surface area contributed by atoms with E-state index in [2.05, 4.69) is 5.32 Å². The molecule has 4 heteroatoms. The van der Waals surface area contributed by atoms with Crippen molar-refractivity contribution in [2.24, 2.45) is 0 Å². The summed E-state index contributed by atoms with van der Waals surface area (Å²) in [6.45, 7) is 3.68. The first-order valence-electron chi connectivity index (χ1n) is 6.68. The summed E-state index contributed by atoms with van der Waals surface area (Å²) in [5.74, 6) is 0.103. The first kappa shape index (κ1) is 14.6. The second-order valence-electron chi connectivity index (χ2n) is 4.68. The molecular weight excluding hydrogens is 270 g/mol. The average Bonchev–Trinajstić information content (AvgIpc) is 2.48. The fourth-order valence-corrected chi connectivity index (χ4v) is 3.13. The maximum atomic E-state index is 12.1. The minimum atomic E-state index is -3.22. The molecule has 0 saturated carbocycles. The number of hydrogen-bond donors (Lipinski definition) is 1. The van der Waals surface area contributed by atoms with Crippen molar-refractivity contribution in [1.82, 2.24) is 0 Å². The highest BCUT2D eigenvalue weighted by atomic mass is 32.2. The van der Waals surface area contributed by atoms with Crippen LogP contribution in [0.25, 0.3) is 0 Å². The van der Waals surface area contributed by atoms with E-state index in [0.717, 1.165) is 5.56 Å². The Hall–Kier alpha value is -1.81. The van der Waals surface area contributed by atoms with Crippen LogP contribution in [0.4, 0.5) is 5.69 Å². The van der Waals surface area contributed by atoms with Gasteiger partial charge in [0.1, 0.15) is 0 Å². The molecule has 0 spiro atoms. The molecule has 1 N–H and O–H groups in total. The van der Waals surface area contributed by atoms with Gasteiger partial charge in [-0.15, -0.1) is 0 Å². The van der Waals surface area contributed by atoms with Crippen molar-refractivity contribution in [2.45, 2.75) is 24.8 Å². The summed E-state index contributed by atoms with van der Waals surface area (Å²) in [6, 6.07) is 17.1. The predicted octanol–water partition coefficient (Wildman–Crippen LogP) is 3.65. The van der Waals surface area contributed by atoms with Gasteiger partial charge in [-0.1, -0.05) is 49.4 Å². The van der Waals surface area contributed by atoms with E-state index in [9.17, 15) is 8.42 Å². The van der Waals surface area contributed by atoms with Gasteiger partial charge < -0.3 is 5.32 Å². The lowest BCUT2D eigenvalue weighted by Gasteiger charge is -2.18. The highest BCUT2D eigenvalue weighted by Crippen LogP contribution is 2.26. The lowest BCUT2D eigenvalue weighted by molar-refractivity contribution is 0.597. The van der Waals surface area contributed by atoms with Crippen molar-refractivity contribution < 1.29 is 8.42 Å². The fraction of sp³-hybridized carbons (Fsp3) is 0.250. The first-order chi connectivity index (χ1) is 9.54. The van der Waals surface area contributed by atoms with Gasteiger partial charge >= 0.3 is 0 Å². The van der Waals surface area contributed by atoms with Crippen LogP contribution in [0.1, 0.15) is 25.5 Å². The molecule has 0 saturated heterocycles. The van der Waals surface area contributed by atoms with E-state index in [1.807, 2.05) is 49.4 Å². The zero-order valence-corrected chi connectivity index (χ0v) is 12.5. The summed E-state index contributed by atoms with van der Waals surface area (Å²) in [4.78, 5) is 0.366.